The van der Waals surface area contributed by atoms with Crippen LogP contribution in [0.5, 0.6) is 0 Å². The van der Waals surface area contributed by atoms with Crippen LogP contribution in [-0.4, -0.2) is 21.6 Å². The lowest BCUT2D eigenvalue weighted by molar-refractivity contribution is -0.121. The van der Waals surface area contributed by atoms with E-state index in [-0.39, 0.29) is 5.91 Å². The standard InChI is InChI=1S/C15H17ClN4OS/c16-11-5-3-4-10(8-11)9-12-19-20-14(22-12)18-13(21)15(17)6-1-2-7-15/h3-5,8H,1-2,6-7,9,17H2,(H,18,20,21). The number of hydrogen-bond donors (Lipinski definition) is 2. The Morgan fingerprint density at radius 1 is 1.36 bits per heavy atom. The molecule has 0 unspecified atom stereocenters. The minimum Gasteiger partial charge on any atom is -0.317 e. The van der Waals surface area contributed by atoms with Crippen LogP contribution in [0.3, 0.4) is 0 Å². The summed E-state index contributed by atoms with van der Waals surface area (Å²) in [6.45, 7) is 0. The first kappa shape index (κ1) is 15.4. The number of nitrogens with zero attached hydrogens (tertiary/aromatic N) is 2. The Bertz CT molecular complexity index is 682. The smallest absolute Gasteiger partial charge is 0.246 e. The molecule has 116 valence electrons. The normalized spacial score (nSPS) is 16.6. The molecule has 1 aliphatic rings. The molecule has 0 spiro atoms. The van der Waals surface area contributed by atoms with Crippen molar-refractivity contribution in [2.24, 2.45) is 5.73 Å². The molecule has 7 heteroatoms. The van der Waals surface area contributed by atoms with Gasteiger partial charge >= 0.3 is 0 Å². The lowest BCUT2D eigenvalue weighted by Crippen LogP contribution is -2.48. The third-order valence-electron chi connectivity index (χ3n) is 3.88. The topological polar surface area (TPSA) is 80.9 Å². The maximum Gasteiger partial charge on any atom is 0.246 e. The van der Waals surface area contributed by atoms with Crippen LogP contribution in [0.4, 0.5) is 5.13 Å². The van der Waals surface area contributed by atoms with Crippen LogP contribution in [-0.2, 0) is 11.2 Å². The van der Waals surface area contributed by atoms with Gasteiger partial charge in [-0.25, -0.2) is 0 Å². The van der Waals surface area contributed by atoms with Crippen molar-refractivity contribution in [3.8, 4) is 0 Å². The number of nitrogens with one attached hydrogen (secondary N) is 1. The second-order valence-corrected chi connectivity index (χ2v) is 7.12. The van der Waals surface area contributed by atoms with Gasteiger partial charge in [-0.2, -0.15) is 0 Å². The van der Waals surface area contributed by atoms with Crippen molar-refractivity contribution in [2.45, 2.75) is 37.6 Å². The van der Waals surface area contributed by atoms with Crippen molar-refractivity contribution >= 4 is 34.0 Å². The molecule has 0 radical (unpaired) electrons. The van der Waals surface area contributed by atoms with Crippen LogP contribution in [0.15, 0.2) is 24.3 Å². The number of carbonyl (C=O) groups excluding carboxylic acids is 1. The van der Waals surface area contributed by atoms with Gasteiger partial charge in [-0.1, -0.05) is 47.9 Å². The molecule has 0 atom stereocenters. The number of halogens is 1. The van der Waals surface area contributed by atoms with Gasteiger partial charge in [0.15, 0.2) is 0 Å². The monoisotopic (exact) mass is 336 g/mol. The highest BCUT2D eigenvalue weighted by Crippen LogP contribution is 2.29. The van der Waals surface area contributed by atoms with Gasteiger partial charge in [-0.3, -0.25) is 10.1 Å². The third-order valence-corrected chi connectivity index (χ3v) is 4.95. The van der Waals surface area contributed by atoms with E-state index in [0.717, 1.165) is 36.3 Å². The van der Waals surface area contributed by atoms with Crippen molar-refractivity contribution in [3.63, 3.8) is 0 Å². The van der Waals surface area contributed by atoms with Crippen LogP contribution < -0.4 is 11.1 Å². The van der Waals surface area contributed by atoms with E-state index in [9.17, 15) is 4.79 Å². The van der Waals surface area contributed by atoms with Crippen LogP contribution in [0.25, 0.3) is 0 Å². The summed E-state index contributed by atoms with van der Waals surface area (Å²) < 4.78 is 0. The van der Waals surface area contributed by atoms with Crippen molar-refractivity contribution in [2.75, 3.05) is 5.32 Å². The molecule has 2 aromatic rings. The van der Waals surface area contributed by atoms with E-state index in [1.807, 2.05) is 24.3 Å². The zero-order valence-corrected chi connectivity index (χ0v) is 13.6. The van der Waals surface area contributed by atoms with Gasteiger partial charge in [0.1, 0.15) is 5.01 Å². The zero-order valence-electron chi connectivity index (χ0n) is 12.0. The van der Waals surface area contributed by atoms with E-state index in [2.05, 4.69) is 15.5 Å². The molecule has 5 nitrogen and oxygen atoms in total. The van der Waals surface area contributed by atoms with Crippen LogP contribution >= 0.6 is 22.9 Å². The highest BCUT2D eigenvalue weighted by atomic mass is 35.5. The van der Waals surface area contributed by atoms with Gasteiger partial charge in [0, 0.05) is 11.4 Å². The minimum absolute atomic E-state index is 0.157. The van der Waals surface area contributed by atoms with Crippen molar-refractivity contribution in [1.82, 2.24) is 10.2 Å². The number of carbonyl (C=O) groups is 1. The number of amides is 1. The minimum atomic E-state index is -0.751. The van der Waals surface area contributed by atoms with E-state index in [4.69, 9.17) is 17.3 Å². The molecule has 0 aliphatic heterocycles. The molecular weight excluding hydrogens is 320 g/mol. The van der Waals surface area contributed by atoms with E-state index < -0.39 is 5.54 Å². The number of benzene rings is 1. The van der Waals surface area contributed by atoms with Crippen LogP contribution in [0, 0.1) is 0 Å². The Balaban J connectivity index is 1.65. The summed E-state index contributed by atoms with van der Waals surface area (Å²) in [6, 6.07) is 7.62. The second-order valence-electron chi connectivity index (χ2n) is 5.63. The molecule has 1 aromatic carbocycles. The van der Waals surface area contributed by atoms with E-state index >= 15 is 0 Å². The first-order valence-electron chi connectivity index (χ1n) is 7.22. The lowest BCUT2D eigenvalue weighted by atomic mass is 9.98. The molecule has 0 bridgehead atoms. The van der Waals surface area contributed by atoms with Gasteiger partial charge in [0.25, 0.3) is 0 Å². The Morgan fingerprint density at radius 2 is 2.14 bits per heavy atom. The third kappa shape index (κ3) is 3.45. The fourth-order valence-electron chi connectivity index (χ4n) is 2.65. The summed E-state index contributed by atoms with van der Waals surface area (Å²) in [5, 5.41) is 13.0. The predicted octanol–water partition coefficient (Wildman–Crippen LogP) is 2.99. The van der Waals surface area contributed by atoms with E-state index in [1.54, 1.807) is 0 Å². The van der Waals surface area contributed by atoms with Crippen LogP contribution in [0.1, 0.15) is 36.3 Å². The molecule has 1 saturated carbocycles. The maximum atomic E-state index is 12.2. The number of hydrogen-bond acceptors (Lipinski definition) is 5. The molecule has 22 heavy (non-hydrogen) atoms. The summed E-state index contributed by atoms with van der Waals surface area (Å²) >= 11 is 7.34. The SMILES string of the molecule is NC1(C(=O)Nc2nnc(Cc3cccc(Cl)c3)s2)CCCC1. The molecule has 1 fully saturated rings. The lowest BCUT2D eigenvalue weighted by Gasteiger charge is -2.20. The largest absolute Gasteiger partial charge is 0.317 e. The Morgan fingerprint density at radius 3 is 2.86 bits per heavy atom. The summed E-state index contributed by atoms with van der Waals surface area (Å²) in [6.07, 6.45) is 4.10. The average molecular weight is 337 g/mol. The fraction of sp³-hybridized carbons (Fsp3) is 0.400. The van der Waals surface area contributed by atoms with Gasteiger partial charge < -0.3 is 5.73 Å². The maximum absolute atomic E-state index is 12.2. The quantitative estimate of drug-likeness (QED) is 0.899. The van der Waals surface area contributed by atoms with Crippen LogP contribution in [0.2, 0.25) is 5.02 Å². The highest BCUT2D eigenvalue weighted by molar-refractivity contribution is 7.15. The second kappa shape index (κ2) is 6.32. The Kier molecular flexibility index (Phi) is 4.42. The predicted molar refractivity (Wildman–Crippen MR) is 88.2 cm³/mol. The average Bonchev–Trinajstić information content (AvgIpc) is 3.09. The van der Waals surface area contributed by atoms with Crippen molar-refractivity contribution in [1.29, 1.82) is 0 Å². The van der Waals surface area contributed by atoms with Gasteiger partial charge in [-0.05, 0) is 30.5 Å². The molecule has 1 aliphatic carbocycles. The Labute approximate surface area is 137 Å². The van der Waals surface area contributed by atoms with E-state index in [1.165, 1.54) is 11.3 Å². The fourth-order valence-corrected chi connectivity index (χ4v) is 3.63. The van der Waals surface area contributed by atoms with Gasteiger partial charge in [0.05, 0.1) is 5.54 Å². The van der Waals surface area contributed by atoms with Crippen molar-refractivity contribution in [3.05, 3.63) is 39.9 Å². The molecule has 3 N–H and O–H groups in total. The summed E-state index contributed by atoms with van der Waals surface area (Å²) in [7, 11) is 0. The first-order chi connectivity index (χ1) is 10.5. The number of aromatic nitrogens is 2. The number of nitrogens with two attached hydrogens (primary N) is 1. The molecule has 0 saturated heterocycles. The Hall–Kier alpha value is -1.50. The summed E-state index contributed by atoms with van der Waals surface area (Å²) in [5.41, 5.74) is 6.44. The summed E-state index contributed by atoms with van der Waals surface area (Å²) in [5.74, 6) is -0.157. The highest BCUT2D eigenvalue weighted by Gasteiger charge is 2.37. The summed E-state index contributed by atoms with van der Waals surface area (Å²) in [4.78, 5) is 12.2. The van der Waals surface area contributed by atoms with Gasteiger partial charge in [-0.15, -0.1) is 10.2 Å². The molecule has 1 aromatic heterocycles. The first-order valence-corrected chi connectivity index (χ1v) is 8.42. The number of rotatable bonds is 4. The molecular formula is C15H17ClN4OS. The molecule has 1 amide bonds. The molecule has 1 heterocycles. The molecule has 3 rings (SSSR count). The zero-order chi connectivity index (χ0) is 15.6. The van der Waals surface area contributed by atoms with Crippen molar-refractivity contribution < 1.29 is 4.79 Å². The number of anilines is 1. The van der Waals surface area contributed by atoms with E-state index in [0.29, 0.717) is 16.6 Å². The van der Waals surface area contributed by atoms with Gasteiger partial charge in [0.2, 0.25) is 11.0 Å².